The summed E-state index contributed by atoms with van der Waals surface area (Å²) in [5.41, 5.74) is 2.96. The highest BCUT2D eigenvalue weighted by Gasteiger charge is 2.09. The van der Waals surface area contributed by atoms with Gasteiger partial charge in [-0.25, -0.2) is 9.82 Å². The zero-order chi connectivity index (χ0) is 16.8. The largest absolute Gasteiger partial charge is 0.504 e. The first-order valence-electron chi connectivity index (χ1n) is 6.75. The Labute approximate surface area is 140 Å². The molecule has 0 spiro atoms. The maximum absolute atomic E-state index is 12.8. The highest BCUT2D eigenvalue weighted by Crippen LogP contribution is 2.32. The molecule has 120 valence electrons. The molecule has 23 heavy (non-hydrogen) atoms. The van der Waals surface area contributed by atoms with E-state index < -0.39 is 11.7 Å². The van der Waals surface area contributed by atoms with Crippen molar-refractivity contribution in [2.45, 2.75) is 6.92 Å². The molecule has 0 unspecified atom stereocenters. The summed E-state index contributed by atoms with van der Waals surface area (Å²) in [6, 6.07) is 8.34. The Morgan fingerprint density at radius 3 is 2.74 bits per heavy atom. The molecule has 7 heteroatoms. The van der Waals surface area contributed by atoms with E-state index in [4.69, 9.17) is 4.74 Å². The van der Waals surface area contributed by atoms with E-state index in [1.807, 2.05) is 0 Å². The van der Waals surface area contributed by atoms with Gasteiger partial charge < -0.3 is 9.84 Å². The van der Waals surface area contributed by atoms with E-state index in [9.17, 15) is 14.3 Å². The molecule has 0 atom stereocenters. The van der Waals surface area contributed by atoms with Crippen LogP contribution in [-0.4, -0.2) is 23.8 Å². The number of hydrazone groups is 1. The van der Waals surface area contributed by atoms with E-state index in [0.29, 0.717) is 22.4 Å². The molecule has 2 aromatic rings. The van der Waals surface area contributed by atoms with E-state index in [0.717, 1.165) is 0 Å². The van der Waals surface area contributed by atoms with Gasteiger partial charge in [-0.05, 0) is 43.3 Å². The van der Waals surface area contributed by atoms with Gasteiger partial charge in [-0.3, -0.25) is 4.79 Å². The van der Waals surface area contributed by atoms with Gasteiger partial charge in [0.2, 0.25) is 0 Å². The van der Waals surface area contributed by atoms with Crippen LogP contribution >= 0.6 is 15.9 Å². The topological polar surface area (TPSA) is 70.9 Å². The second-order valence-corrected chi connectivity index (χ2v) is 5.40. The standard InChI is InChI=1S/C16H14BrFN2O3/c1-2-23-14-8-12(17)7-11(15(14)21)9-19-20-16(22)10-3-5-13(18)6-4-10/h3-9,21H,2H2,1H3,(H,20,22)/b19-9+. The Morgan fingerprint density at radius 2 is 2.09 bits per heavy atom. The molecule has 0 heterocycles. The first-order chi connectivity index (χ1) is 11.0. The Bertz CT molecular complexity index is 733. The first-order valence-corrected chi connectivity index (χ1v) is 7.55. The number of hydrogen-bond donors (Lipinski definition) is 2. The summed E-state index contributed by atoms with van der Waals surface area (Å²) in [5, 5.41) is 13.9. The predicted octanol–water partition coefficient (Wildman–Crippen LogP) is 3.46. The lowest BCUT2D eigenvalue weighted by Gasteiger charge is -2.08. The van der Waals surface area contributed by atoms with Gasteiger partial charge in [0.05, 0.1) is 12.8 Å². The second kappa shape index (κ2) is 7.73. The van der Waals surface area contributed by atoms with Crippen LogP contribution in [0.15, 0.2) is 46.0 Å². The molecule has 0 aliphatic rings. The zero-order valence-electron chi connectivity index (χ0n) is 12.2. The van der Waals surface area contributed by atoms with Crippen molar-refractivity contribution < 1.29 is 19.0 Å². The summed E-state index contributed by atoms with van der Waals surface area (Å²) in [4.78, 5) is 11.8. The smallest absolute Gasteiger partial charge is 0.271 e. The number of hydrogen-bond acceptors (Lipinski definition) is 4. The van der Waals surface area contributed by atoms with Crippen LogP contribution in [0.4, 0.5) is 4.39 Å². The third-order valence-electron chi connectivity index (χ3n) is 2.85. The lowest BCUT2D eigenvalue weighted by atomic mass is 10.2. The second-order valence-electron chi connectivity index (χ2n) is 4.48. The van der Waals surface area contributed by atoms with Crippen molar-refractivity contribution in [1.29, 1.82) is 0 Å². The molecule has 1 amide bonds. The number of carbonyl (C=O) groups is 1. The van der Waals surface area contributed by atoms with E-state index in [1.54, 1.807) is 19.1 Å². The third-order valence-corrected chi connectivity index (χ3v) is 3.30. The minimum Gasteiger partial charge on any atom is -0.504 e. The highest BCUT2D eigenvalue weighted by molar-refractivity contribution is 9.10. The molecule has 0 saturated heterocycles. The summed E-state index contributed by atoms with van der Waals surface area (Å²) in [6.45, 7) is 2.21. The fraction of sp³-hybridized carbons (Fsp3) is 0.125. The fourth-order valence-corrected chi connectivity index (χ4v) is 2.24. The zero-order valence-corrected chi connectivity index (χ0v) is 13.8. The molecular weight excluding hydrogens is 367 g/mol. The number of rotatable bonds is 5. The normalized spacial score (nSPS) is 10.7. The monoisotopic (exact) mass is 380 g/mol. The van der Waals surface area contributed by atoms with Crippen molar-refractivity contribution in [1.82, 2.24) is 5.43 Å². The lowest BCUT2D eigenvalue weighted by molar-refractivity contribution is 0.0955. The van der Waals surface area contributed by atoms with Crippen LogP contribution in [0.5, 0.6) is 11.5 Å². The van der Waals surface area contributed by atoms with Gasteiger partial charge in [0, 0.05) is 15.6 Å². The van der Waals surface area contributed by atoms with E-state index in [-0.39, 0.29) is 11.3 Å². The average Bonchev–Trinajstić information content (AvgIpc) is 2.52. The van der Waals surface area contributed by atoms with Gasteiger partial charge in [0.15, 0.2) is 11.5 Å². The van der Waals surface area contributed by atoms with Crippen LogP contribution in [0.2, 0.25) is 0 Å². The van der Waals surface area contributed by atoms with Crippen molar-refractivity contribution in [3.05, 3.63) is 57.8 Å². The van der Waals surface area contributed by atoms with Crippen molar-refractivity contribution in [3.63, 3.8) is 0 Å². The molecule has 5 nitrogen and oxygen atoms in total. The number of ether oxygens (including phenoxy) is 1. The van der Waals surface area contributed by atoms with Gasteiger partial charge in [-0.1, -0.05) is 15.9 Å². The number of halogens is 2. The number of phenols is 1. The molecule has 0 bridgehead atoms. The number of benzene rings is 2. The van der Waals surface area contributed by atoms with E-state index in [1.165, 1.54) is 30.5 Å². The Morgan fingerprint density at radius 1 is 1.39 bits per heavy atom. The van der Waals surface area contributed by atoms with Gasteiger partial charge in [0.1, 0.15) is 5.82 Å². The highest BCUT2D eigenvalue weighted by atomic mass is 79.9. The number of nitrogens with zero attached hydrogens (tertiary/aromatic N) is 1. The molecule has 0 aliphatic heterocycles. The fourth-order valence-electron chi connectivity index (χ4n) is 1.78. The van der Waals surface area contributed by atoms with Crippen LogP contribution in [-0.2, 0) is 0 Å². The maximum Gasteiger partial charge on any atom is 0.271 e. The molecule has 2 aromatic carbocycles. The summed E-state index contributed by atoms with van der Waals surface area (Å²) >= 11 is 3.31. The molecule has 0 radical (unpaired) electrons. The summed E-state index contributed by atoms with van der Waals surface area (Å²) < 4.78 is 18.8. The summed E-state index contributed by atoms with van der Waals surface area (Å²) in [5.74, 6) is -0.670. The first kappa shape index (κ1) is 17.0. The van der Waals surface area contributed by atoms with Crippen LogP contribution in [0.1, 0.15) is 22.8 Å². The third kappa shape index (κ3) is 4.53. The molecule has 0 aliphatic carbocycles. The molecule has 0 aromatic heterocycles. The quantitative estimate of drug-likeness (QED) is 0.616. The molecule has 2 rings (SSSR count). The average molecular weight is 381 g/mol. The number of nitrogens with one attached hydrogen (secondary N) is 1. The van der Waals surface area contributed by atoms with Crippen LogP contribution in [0, 0.1) is 5.82 Å². The lowest BCUT2D eigenvalue weighted by Crippen LogP contribution is -2.17. The molecular formula is C16H14BrFN2O3. The molecule has 0 fully saturated rings. The minimum atomic E-state index is -0.485. The van der Waals surface area contributed by atoms with E-state index in [2.05, 4.69) is 26.5 Å². The van der Waals surface area contributed by atoms with Crippen molar-refractivity contribution in [2.24, 2.45) is 5.10 Å². The maximum atomic E-state index is 12.8. The van der Waals surface area contributed by atoms with Gasteiger partial charge >= 0.3 is 0 Å². The molecule has 0 saturated carbocycles. The number of carbonyl (C=O) groups excluding carboxylic acids is 1. The van der Waals surface area contributed by atoms with Crippen LogP contribution in [0.25, 0.3) is 0 Å². The summed E-state index contributed by atoms with van der Waals surface area (Å²) in [6.07, 6.45) is 1.30. The van der Waals surface area contributed by atoms with Crippen molar-refractivity contribution in [2.75, 3.05) is 6.61 Å². The van der Waals surface area contributed by atoms with Gasteiger partial charge in [0.25, 0.3) is 5.91 Å². The van der Waals surface area contributed by atoms with Crippen LogP contribution < -0.4 is 10.2 Å². The van der Waals surface area contributed by atoms with Crippen molar-refractivity contribution >= 4 is 28.1 Å². The summed E-state index contributed by atoms with van der Waals surface area (Å²) in [7, 11) is 0. The van der Waals surface area contributed by atoms with Gasteiger partial charge in [-0.2, -0.15) is 5.10 Å². The minimum absolute atomic E-state index is 0.0742. The predicted molar refractivity (Wildman–Crippen MR) is 88.4 cm³/mol. The van der Waals surface area contributed by atoms with Crippen molar-refractivity contribution in [3.8, 4) is 11.5 Å². The Hall–Kier alpha value is -2.41. The Kier molecular flexibility index (Phi) is 5.70. The number of amides is 1. The molecule has 2 N–H and O–H groups in total. The van der Waals surface area contributed by atoms with Crippen LogP contribution in [0.3, 0.4) is 0 Å². The van der Waals surface area contributed by atoms with Gasteiger partial charge in [-0.15, -0.1) is 0 Å². The Balaban J connectivity index is 2.11. The number of phenolic OH excluding ortho intramolecular Hbond substituents is 1. The SMILES string of the molecule is CCOc1cc(Br)cc(/C=N/NC(=O)c2ccc(F)cc2)c1O. The van der Waals surface area contributed by atoms with E-state index >= 15 is 0 Å². The number of aromatic hydroxyl groups is 1.